The molecule has 0 fully saturated rings. The van der Waals surface area contributed by atoms with Crippen LogP contribution in [-0.2, 0) is 11.3 Å². The summed E-state index contributed by atoms with van der Waals surface area (Å²) in [6.07, 6.45) is -0.328. The molecule has 6 nitrogen and oxygen atoms in total. The van der Waals surface area contributed by atoms with Gasteiger partial charge in [0, 0.05) is 33.2 Å². The highest BCUT2D eigenvalue weighted by atomic mass is 19.1. The predicted molar refractivity (Wildman–Crippen MR) is 98.1 cm³/mol. The van der Waals surface area contributed by atoms with Gasteiger partial charge in [0.15, 0.2) is 5.96 Å². The van der Waals surface area contributed by atoms with Gasteiger partial charge in [-0.2, -0.15) is 0 Å². The third-order valence-electron chi connectivity index (χ3n) is 3.30. The van der Waals surface area contributed by atoms with Crippen molar-refractivity contribution in [3.05, 3.63) is 35.6 Å². The maximum atomic E-state index is 12.9. The highest BCUT2D eigenvalue weighted by molar-refractivity contribution is 5.79. The van der Waals surface area contributed by atoms with Gasteiger partial charge in [-0.25, -0.2) is 9.18 Å². The Morgan fingerprint density at radius 1 is 1.24 bits per heavy atom. The normalized spacial score (nSPS) is 11.8. The zero-order valence-electron chi connectivity index (χ0n) is 15.7. The van der Waals surface area contributed by atoms with Gasteiger partial charge in [0.2, 0.25) is 0 Å². The van der Waals surface area contributed by atoms with Crippen LogP contribution in [0.2, 0.25) is 0 Å². The lowest BCUT2D eigenvalue weighted by molar-refractivity contribution is 0.0264. The van der Waals surface area contributed by atoms with Gasteiger partial charge in [0.05, 0.1) is 0 Å². The summed E-state index contributed by atoms with van der Waals surface area (Å²) in [4.78, 5) is 17.8. The number of benzene rings is 1. The van der Waals surface area contributed by atoms with E-state index in [0.717, 1.165) is 5.56 Å². The highest BCUT2D eigenvalue weighted by Crippen LogP contribution is 2.09. The van der Waals surface area contributed by atoms with E-state index in [0.29, 0.717) is 32.1 Å². The summed E-state index contributed by atoms with van der Waals surface area (Å²) in [6.45, 7) is 9.58. The van der Waals surface area contributed by atoms with E-state index in [1.165, 1.54) is 12.1 Å². The second-order valence-corrected chi connectivity index (χ2v) is 6.54. The first kappa shape index (κ1) is 20.7. The molecule has 0 unspecified atom stereocenters. The maximum Gasteiger partial charge on any atom is 0.410 e. The van der Waals surface area contributed by atoms with Crippen LogP contribution >= 0.6 is 0 Å². The molecule has 140 valence electrons. The van der Waals surface area contributed by atoms with E-state index in [4.69, 9.17) is 4.74 Å². The smallest absolute Gasteiger partial charge is 0.410 e. The summed E-state index contributed by atoms with van der Waals surface area (Å²) >= 11 is 0. The highest BCUT2D eigenvalue weighted by Gasteiger charge is 2.20. The van der Waals surface area contributed by atoms with E-state index < -0.39 is 5.60 Å². The zero-order valence-corrected chi connectivity index (χ0v) is 15.7. The van der Waals surface area contributed by atoms with Crippen LogP contribution in [0.5, 0.6) is 0 Å². The van der Waals surface area contributed by atoms with Crippen molar-refractivity contribution < 1.29 is 13.9 Å². The van der Waals surface area contributed by atoms with Crippen LogP contribution in [0.15, 0.2) is 29.3 Å². The van der Waals surface area contributed by atoms with Crippen molar-refractivity contribution in [2.45, 2.75) is 39.8 Å². The number of ether oxygens (including phenoxy) is 1. The Kier molecular flexibility index (Phi) is 8.18. The SMILES string of the molecule is CCN(CCNC(=NC)NCc1ccc(F)cc1)C(=O)OC(C)(C)C. The predicted octanol–water partition coefficient (Wildman–Crippen LogP) is 2.75. The van der Waals surface area contributed by atoms with Crippen molar-refractivity contribution in [2.75, 3.05) is 26.7 Å². The molecule has 0 aliphatic carbocycles. The van der Waals surface area contributed by atoms with Crippen molar-refractivity contribution in [1.82, 2.24) is 15.5 Å². The number of guanidine groups is 1. The number of likely N-dealkylation sites (N-methyl/N-ethyl adjacent to an activating group) is 1. The van der Waals surface area contributed by atoms with Crippen molar-refractivity contribution in [2.24, 2.45) is 4.99 Å². The molecule has 0 spiro atoms. The molecule has 2 N–H and O–H groups in total. The summed E-state index contributed by atoms with van der Waals surface area (Å²) in [5.74, 6) is 0.359. The first-order valence-corrected chi connectivity index (χ1v) is 8.42. The number of amides is 1. The lowest BCUT2D eigenvalue weighted by Crippen LogP contribution is -2.44. The van der Waals surface area contributed by atoms with E-state index in [2.05, 4.69) is 15.6 Å². The molecule has 25 heavy (non-hydrogen) atoms. The third-order valence-corrected chi connectivity index (χ3v) is 3.30. The molecule has 0 heterocycles. The van der Waals surface area contributed by atoms with Gasteiger partial charge in [-0.05, 0) is 45.4 Å². The molecule has 0 saturated carbocycles. The summed E-state index contributed by atoms with van der Waals surface area (Å²) in [6, 6.07) is 6.29. The summed E-state index contributed by atoms with van der Waals surface area (Å²) in [5, 5.41) is 6.30. The Morgan fingerprint density at radius 2 is 1.88 bits per heavy atom. The lowest BCUT2D eigenvalue weighted by atomic mass is 10.2. The van der Waals surface area contributed by atoms with Gasteiger partial charge in [-0.3, -0.25) is 4.99 Å². The van der Waals surface area contributed by atoms with Crippen LogP contribution < -0.4 is 10.6 Å². The molecule has 1 amide bonds. The molecular formula is C18H29FN4O2. The Labute approximate surface area is 149 Å². The minimum atomic E-state index is -0.509. The number of carbonyl (C=O) groups excluding carboxylic acids is 1. The molecule has 0 saturated heterocycles. The number of nitrogens with zero attached hydrogens (tertiary/aromatic N) is 2. The number of aliphatic imine (C=N–C) groups is 1. The molecule has 0 bridgehead atoms. The topological polar surface area (TPSA) is 66.0 Å². The van der Waals surface area contributed by atoms with E-state index >= 15 is 0 Å². The Bertz CT molecular complexity index is 567. The second kappa shape index (κ2) is 9.86. The number of rotatable bonds is 6. The quantitative estimate of drug-likeness (QED) is 0.610. The number of hydrogen-bond donors (Lipinski definition) is 2. The number of carbonyl (C=O) groups is 1. The Hall–Kier alpha value is -2.31. The van der Waals surface area contributed by atoms with Gasteiger partial charge < -0.3 is 20.3 Å². The number of hydrogen-bond acceptors (Lipinski definition) is 3. The second-order valence-electron chi connectivity index (χ2n) is 6.54. The summed E-state index contributed by atoms with van der Waals surface area (Å²) in [5.41, 5.74) is 0.443. The molecule has 0 radical (unpaired) electrons. The average Bonchev–Trinajstić information content (AvgIpc) is 2.54. The fraction of sp³-hybridized carbons (Fsp3) is 0.556. The number of halogens is 1. The Morgan fingerprint density at radius 3 is 2.40 bits per heavy atom. The minimum Gasteiger partial charge on any atom is -0.444 e. The standard InChI is InChI=1S/C18H29FN4O2/c1-6-23(17(24)25-18(2,3)4)12-11-21-16(20-5)22-13-14-7-9-15(19)10-8-14/h7-10H,6,11-13H2,1-5H3,(H2,20,21,22). The van der Waals surface area contributed by atoms with Crippen LogP contribution in [-0.4, -0.2) is 49.2 Å². The van der Waals surface area contributed by atoms with E-state index in [-0.39, 0.29) is 11.9 Å². The fourth-order valence-electron chi connectivity index (χ4n) is 2.02. The van der Waals surface area contributed by atoms with Gasteiger partial charge in [-0.15, -0.1) is 0 Å². The van der Waals surface area contributed by atoms with Gasteiger partial charge >= 0.3 is 6.09 Å². The monoisotopic (exact) mass is 352 g/mol. The third kappa shape index (κ3) is 8.37. The van der Waals surface area contributed by atoms with Crippen molar-refractivity contribution in [3.63, 3.8) is 0 Å². The fourth-order valence-corrected chi connectivity index (χ4v) is 2.02. The molecule has 1 aromatic carbocycles. The van der Waals surface area contributed by atoms with Crippen LogP contribution in [0.1, 0.15) is 33.3 Å². The molecule has 0 aromatic heterocycles. The van der Waals surface area contributed by atoms with Gasteiger partial charge in [0.25, 0.3) is 0 Å². The van der Waals surface area contributed by atoms with Crippen LogP contribution in [0.25, 0.3) is 0 Å². The molecule has 7 heteroatoms. The van der Waals surface area contributed by atoms with Crippen molar-refractivity contribution in [1.29, 1.82) is 0 Å². The largest absolute Gasteiger partial charge is 0.444 e. The van der Waals surface area contributed by atoms with Crippen molar-refractivity contribution in [3.8, 4) is 0 Å². The van der Waals surface area contributed by atoms with Crippen LogP contribution in [0, 0.1) is 5.82 Å². The lowest BCUT2D eigenvalue weighted by Gasteiger charge is -2.26. The minimum absolute atomic E-state index is 0.256. The average molecular weight is 352 g/mol. The van der Waals surface area contributed by atoms with Gasteiger partial charge in [-0.1, -0.05) is 12.1 Å². The summed E-state index contributed by atoms with van der Waals surface area (Å²) in [7, 11) is 1.67. The number of nitrogens with one attached hydrogen (secondary N) is 2. The first-order chi connectivity index (χ1) is 11.7. The van der Waals surface area contributed by atoms with Gasteiger partial charge in [0.1, 0.15) is 11.4 Å². The molecule has 0 aliphatic heterocycles. The maximum absolute atomic E-state index is 12.9. The van der Waals surface area contributed by atoms with Crippen LogP contribution in [0.3, 0.4) is 0 Å². The Balaban J connectivity index is 2.40. The summed E-state index contributed by atoms with van der Waals surface area (Å²) < 4.78 is 18.3. The zero-order chi connectivity index (χ0) is 18.9. The molecule has 1 aromatic rings. The molecule has 0 atom stereocenters. The van der Waals surface area contributed by atoms with E-state index in [9.17, 15) is 9.18 Å². The molecule has 0 aliphatic rings. The van der Waals surface area contributed by atoms with E-state index in [1.807, 2.05) is 27.7 Å². The van der Waals surface area contributed by atoms with E-state index in [1.54, 1.807) is 24.1 Å². The molecular weight excluding hydrogens is 323 g/mol. The van der Waals surface area contributed by atoms with Crippen LogP contribution in [0.4, 0.5) is 9.18 Å². The van der Waals surface area contributed by atoms with Crippen molar-refractivity contribution >= 4 is 12.1 Å². The molecule has 1 rings (SSSR count). The first-order valence-electron chi connectivity index (χ1n) is 8.42.